The van der Waals surface area contributed by atoms with Crippen molar-refractivity contribution in [1.82, 2.24) is 35.7 Å². The fourth-order valence-electron chi connectivity index (χ4n) is 3.78. The van der Waals surface area contributed by atoms with Crippen LogP contribution in [0.15, 0.2) is 40.9 Å². The van der Waals surface area contributed by atoms with Crippen LogP contribution in [0.25, 0.3) is 5.69 Å². The second kappa shape index (κ2) is 10.4. The zero-order valence-corrected chi connectivity index (χ0v) is 20.2. The summed E-state index contributed by atoms with van der Waals surface area (Å²) in [6.45, 7) is 9.68. The molecular weight excluding hydrogens is 456 g/mol. The Morgan fingerprint density at radius 3 is 2.51 bits per heavy atom. The van der Waals surface area contributed by atoms with E-state index in [1.54, 1.807) is 11.6 Å². The molecule has 9 nitrogen and oxygen atoms in total. The lowest BCUT2D eigenvalue weighted by Crippen LogP contribution is -2.30. The van der Waals surface area contributed by atoms with Gasteiger partial charge in [-0.15, -0.1) is 5.10 Å². The number of hydrogen-bond donors (Lipinski definition) is 1. The molecule has 0 spiro atoms. The number of nitrogens with one attached hydrogen (secondary N) is 1. The minimum atomic E-state index is -0.853. The van der Waals surface area contributed by atoms with Gasteiger partial charge in [-0.25, -0.2) is 8.78 Å². The summed E-state index contributed by atoms with van der Waals surface area (Å²) in [5.74, 6) is -0.407. The van der Waals surface area contributed by atoms with Gasteiger partial charge in [0, 0.05) is 11.6 Å². The number of aromatic nitrogens is 6. The van der Waals surface area contributed by atoms with Crippen molar-refractivity contribution < 1.29 is 18.0 Å². The number of hydrogen-bond acceptors (Lipinski definition) is 8. The van der Waals surface area contributed by atoms with E-state index in [0.29, 0.717) is 17.5 Å². The number of tetrazole rings is 1. The Morgan fingerprint density at radius 1 is 1.09 bits per heavy atom. The third-order valence-corrected chi connectivity index (χ3v) is 5.50. The van der Waals surface area contributed by atoms with Gasteiger partial charge in [0.15, 0.2) is 11.6 Å². The van der Waals surface area contributed by atoms with Gasteiger partial charge in [-0.3, -0.25) is 5.32 Å². The molecule has 184 valence electrons. The van der Waals surface area contributed by atoms with E-state index in [0.717, 1.165) is 22.9 Å². The van der Waals surface area contributed by atoms with Crippen LogP contribution in [0.3, 0.4) is 0 Å². The highest BCUT2D eigenvalue weighted by atomic mass is 19.1. The van der Waals surface area contributed by atoms with Crippen molar-refractivity contribution in [3.05, 3.63) is 82.3 Å². The number of rotatable bonds is 9. The predicted molar refractivity (Wildman–Crippen MR) is 123 cm³/mol. The maximum absolute atomic E-state index is 15.0. The first kappa shape index (κ1) is 24.6. The highest BCUT2D eigenvalue weighted by Gasteiger charge is 2.29. The Hall–Kier alpha value is -3.57. The van der Waals surface area contributed by atoms with E-state index in [4.69, 9.17) is 9.26 Å². The largest absolute Gasteiger partial charge is 0.369 e. The highest BCUT2D eigenvalue weighted by molar-refractivity contribution is 5.47. The van der Waals surface area contributed by atoms with E-state index >= 15 is 0 Å². The first-order chi connectivity index (χ1) is 16.7. The first-order valence-corrected chi connectivity index (χ1v) is 11.2. The molecular formula is C24H27F2N7O2. The minimum Gasteiger partial charge on any atom is -0.369 e. The van der Waals surface area contributed by atoms with Crippen LogP contribution < -0.4 is 5.32 Å². The second-order valence-electron chi connectivity index (χ2n) is 8.58. The molecule has 2 heterocycles. The number of para-hydroxylation sites is 1. The van der Waals surface area contributed by atoms with Crippen LogP contribution >= 0.6 is 0 Å². The SMILES string of the molecule is Cc1cccc(C)c1-n1nnnc1C(NC(C)c1noc(COC(C)C)n1)c1ccc(F)cc1F. The monoisotopic (exact) mass is 483 g/mol. The van der Waals surface area contributed by atoms with Crippen LogP contribution in [0, 0.1) is 25.5 Å². The molecule has 4 aromatic rings. The lowest BCUT2D eigenvalue weighted by molar-refractivity contribution is 0.0485. The molecule has 0 aliphatic carbocycles. The van der Waals surface area contributed by atoms with Gasteiger partial charge in [0.1, 0.15) is 18.2 Å². The molecule has 11 heteroatoms. The van der Waals surface area contributed by atoms with Gasteiger partial charge in [0.2, 0.25) is 0 Å². The molecule has 2 aromatic heterocycles. The average molecular weight is 484 g/mol. The van der Waals surface area contributed by atoms with Gasteiger partial charge < -0.3 is 9.26 Å². The molecule has 2 aromatic carbocycles. The molecule has 0 bridgehead atoms. The molecule has 0 saturated carbocycles. The van der Waals surface area contributed by atoms with Gasteiger partial charge in [-0.05, 0) is 62.2 Å². The van der Waals surface area contributed by atoms with E-state index in [9.17, 15) is 8.78 Å². The normalized spacial score (nSPS) is 13.4. The molecule has 2 atom stereocenters. The predicted octanol–water partition coefficient (Wildman–Crippen LogP) is 4.31. The molecule has 35 heavy (non-hydrogen) atoms. The highest BCUT2D eigenvalue weighted by Crippen LogP contribution is 2.29. The molecule has 0 fully saturated rings. The Labute approximate surface area is 201 Å². The Morgan fingerprint density at radius 2 is 1.83 bits per heavy atom. The summed E-state index contributed by atoms with van der Waals surface area (Å²) in [5.41, 5.74) is 2.84. The molecule has 1 N–H and O–H groups in total. The van der Waals surface area contributed by atoms with Crippen molar-refractivity contribution in [2.24, 2.45) is 0 Å². The summed E-state index contributed by atoms with van der Waals surface area (Å²) in [6, 6.07) is 7.87. The van der Waals surface area contributed by atoms with Crippen molar-refractivity contribution in [2.45, 2.75) is 59.4 Å². The molecule has 2 unspecified atom stereocenters. The van der Waals surface area contributed by atoms with Crippen LogP contribution in [0.4, 0.5) is 8.78 Å². The number of halogens is 2. The third kappa shape index (κ3) is 5.41. The van der Waals surface area contributed by atoms with E-state index in [2.05, 4.69) is 31.0 Å². The van der Waals surface area contributed by atoms with Crippen molar-refractivity contribution in [1.29, 1.82) is 0 Å². The van der Waals surface area contributed by atoms with Crippen LogP contribution in [-0.2, 0) is 11.3 Å². The molecule has 0 amide bonds. The summed E-state index contributed by atoms with van der Waals surface area (Å²) in [6.07, 6.45) is 0.00971. The van der Waals surface area contributed by atoms with Crippen molar-refractivity contribution in [3.8, 4) is 5.69 Å². The van der Waals surface area contributed by atoms with E-state index in [-0.39, 0.29) is 18.3 Å². The molecule has 0 radical (unpaired) electrons. The Bertz CT molecular complexity index is 1280. The number of aryl methyl sites for hydroxylation is 2. The minimum absolute atomic E-state index is 0.00971. The quantitative estimate of drug-likeness (QED) is 0.376. The molecule has 0 saturated heterocycles. The summed E-state index contributed by atoms with van der Waals surface area (Å²) in [7, 11) is 0. The van der Waals surface area contributed by atoms with E-state index in [1.807, 2.05) is 45.9 Å². The topological polar surface area (TPSA) is 104 Å². The Balaban J connectivity index is 1.73. The maximum Gasteiger partial charge on any atom is 0.252 e. The van der Waals surface area contributed by atoms with Gasteiger partial charge in [0.05, 0.1) is 23.9 Å². The lowest BCUT2D eigenvalue weighted by Gasteiger charge is -2.23. The lowest BCUT2D eigenvalue weighted by atomic mass is 10.0. The van der Waals surface area contributed by atoms with Crippen LogP contribution in [0.1, 0.15) is 67.1 Å². The number of ether oxygens (including phenoxy) is 1. The van der Waals surface area contributed by atoms with Crippen molar-refractivity contribution in [2.75, 3.05) is 0 Å². The van der Waals surface area contributed by atoms with Gasteiger partial charge in [-0.2, -0.15) is 9.67 Å². The summed E-state index contributed by atoms with van der Waals surface area (Å²) >= 11 is 0. The maximum atomic E-state index is 15.0. The summed E-state index contributed by atoms with van der Waals surface area (Å²) < 4.78 is 41.1. The van der Waals surface area contributed by atoms with Crippen LogP contribution in [0.5, 0.6) is 0 Å². The fraction of sp³-hybridized carbons (Fsp3) is 0.375. The van der Waals surface area contributed by atoms with E-state index in [1.165, 1.54) is 12.1 Å². The molecule has 0 aliphatic rings. The summed E-state index contributed by atoms with van der Waals surface area (Å²) in [5, 5.41) is 19.6. The smallest absolute Gasteiger partial charge is 0.252 e. The molecule has 4 rings (SSSR count). The standard InChI is InChI=1S/C24H27F2N7O2/c1-13(2)34-12-20-28-23(30-35-20)16(5)27-21(18-10-9-17(25)11-19(18)26)24-29-31-32-33(24)22-14(3)7-6-8-15(22)4/h6-11,13,16,21,27H,12H2,1-5H3. The van der Waals surface area contributed by atoms with Crippen LogP contribution in [-0.4, -0.2) is 36.5 Å². The van der Waals surface area contributed by atoms with Gasteiger partial charge >= 0.3 is 0 Å². The zero-order chi connectivity index (χ0) is 25.1. The van der Waals surface area contributed by atoms with Gasteiger partial charge in [-0.1, -0.05) is 29.4 Å². The number of benzene rings is 2. The number of nitrogens with zero attached hydrogens (tertiary/aromatic N) is 6. The zero-order valence-electron chi connectivity index (χ0n) is 20.2. The second-order valence-corrected chi connectivity index (χ2v) is 8.58. The van der Waals surface area contributed by atoms with Crippen molar-refractivity contribution in [3.63, 3.8) is 0 Å². The molecule has 0 aliphatic heterocycles. The average Bonchev–Trinajstić information content (AvgIpc) is 3.46. The summed E-state index contributed by atoms with van der Waals surface area (Å²) in [4.78, 5) is 4.38. The Kier molecular flexibility index (Phi) is 7.27. The third-order valence-electron chi connectivity index (χ3n) is 5.50. The van der Waals surface area contributed by atoms with E-state index < -0.39 is 23.7 Å². The van der Waals surface area contributed by atoms with Crippen molar-refractivity contribution >= 4 is 0 Å². The van der Waals surface area contributed by atoms with Gasteiger partial charge in [0.25, 0.3) is 5.89 Å². The first-order valence-electron chi connectivity index (χ1n) is 11.2. The van der Waals surface area contributed by atoms with Crippen LogP contribution in [0.2, 0.25) is 0 Å². The fourth-order valence-corrected chi connectivity index (χ4v) is 3.78.